The summed E-state index contributed by atoms with van der Waals surface area (Å²) < 4.78 is 0. The first-order chi connectivity index (χ1) is 9.28. The molecule has 0 saturated carbocycles. The van der Waals surface area contributed by atoms with Crippen molar-refractivity contribution in [2.24, 2.45) is 0 Å². The Labute approximate surface area is 117 Å². The van der Waals surface area contributed by atoms with E-state index in [0.717, 1.165) is 42.4 Å². The van der Waals surface area contributed by atoms with E-state index in [1.807, 2.05) is 18.2 Å². The van der Waals surface area contributed by atoms with Gasteiger partial charge < -0.3 is 5.11 Å². The minimum atomic E-state index is 0.221. The van der Waals surface area contributed by atoms with E-state index in [1.54, 1.807) is 0 Å². The third-order valence-corrected chi connectivity index (χ3v) is 4.16. The zero-order valence-electron chi connectivity index (χ0n) is 10.7. The first-order valence-corrected chi connectivity index (χ1v) is 7.05. The van der Waals surface area contributed by atoms with Gasteiger partial charge in [-0.05, 0) is 31.5 Å². The highest BCUT2D eigenvalue weighted by Crippen LogP contribution is 2.25. The Morgan fingerprint density at radius 2 is 2.21 bits per heavy atom. The fourth-order valence-corrected chi connectivity index (χ4v) is 2.98. The van der Waals surface area contributed by atoms with E-state index >= 15 is 0 Å². The number of benzene rings is 1. The van der Waals surface area contributed by atoms with Crippen LogP contribution in [0.15, 0.2) is 30.3 Å². The lowest BCUT2D eigenvalue weighted by Crippen LogP contribution is -2.31. The SMILES string of the molecule is OC[C@@H]1CCCN1Cc1cc2ccccc2nc1Cl. The van der Waals surface area contributed by atoms with Gasteiger partial charge in [-0.25, -0.2) is 4.98 Å². The van der Waals surface area contributed by atoms with Gasteiger partial charge in [0.1, 0.15) is 5.15 Å². The molecule has 1 aliphatic heterocycles. The number of likely N-dealkylation sites (tertiary alicyclic amines) is 1. The third kappa shape index (κ3) is 2.59. The largest absolute Gasteiger partial charge is 0.395 e. The smallest absolute Gasteiger partial charge is 0.134 e. The Balaban J connectivity index is 1.90. The number of aromatic nitrogens is 1. The van der Waals surface area contributed by atoms with Gasteiger partial charge in [0, 0.05) is 23.5 Å². The van der Waals surface area contributed by atoms with Crippen LogP contribution in [0.2, 0.25) is 5.15 Å². The second kappa shape index (κ2) is 5.45. The van der Waals surface area contributed by atoms with Crippen molar-refractivity contribution in [1.82, 2.24) is 9.88 Å². The van der Waals surface area contributed by atoms with Crippen molar-refractivity contribution in [3.05, 3.63) is 41.0 Å². The summed E-state index contributed by atoms with van der Waals surface area (Å²) in [6, 6.07) is 10.4. The lowest BCUT2D eigenvalue weighted by molar-refractivity contribution is 0.153. The molecule has 2 heterocycles. The molecule has 1 N–H and O–H groups in total. The maximum Gasteiger partial charge on any atom is 0.134 e. The molecule has 0 bridgehead atoms. The van der Waals surface area contributed by atoms with E-state index < -0.39 is 0 Å². The number of hydrogen-bond donors (Lipinski definition) is 1. The average Bonchev–Trinajstić information content (AvgIpc) is 2.87. The first kappa shape index (κ1) is 12.9. The number of hydrogen-bond acceptors (Lipinski definition) is 3. The summed E-state index contributed by atoms with van der Waals surface area (Å²) in [5.41, 5.74) is 1.97. The quantitative estimate of drug-likeness (QED) is 0.876. The van der Waals surface area contributed by atoms with Gasteiger partial charge in [-0.2, -0.15) is 0 Å². The molecule has 1 aliphatic rings. The van der Waals surface area contributed by atoms with Crippen LogP contribution in [0.25, 0.3) is 10.9 Å². The molecule has 1 aromatic carbocycles. The van der Waals surface area contributed by atoms with Crippen molar-refractivity contribution >= 4 is 22.5 Å². The van der Waals surface area contributed by atoms with E-state index in [1.165, 1.54) is 0 Å². The Bertz CT molecular complexity index is 587. The highest BCUT2D eigenvalue weighted by molar-refractivity contribution is 6.30. The molecule has 0 amide bonds. The maximum absolute atomic E-state index is 9.37. The lowest BCUT2D eigenvalue weighted by Gasteiger charge is -2.23. The number of halogens is 1. The van der Waals surface area contributed by atoms with Gasteiger partial charge >= 0.3 is 0 Å². The minimum Gasteiger partial charge on any atom is -0.395 e. The van der Waals surface area contributed by atoms with Crippen LogP contribution in [-0.4, -0.2) is 34.2 Å². The minimum absolute atomic E-state index is 0.221. The van der Waals surface area contributed by atoms with Crippen LogP contribution in [0, 0.1) is 0 Å². The Morgan fingerprint density at radius 1 is 1.37 bits per heavy atom. The molecule has 2 aromatic rings. The summed E-state index contributed by atoms with van der Waals surface area (Å²) >= 11 is 6.27. The Morgan fingerprint density at radius 3 is 3.05 bits per heavy atom. The van der Waals surface area contributed by atoms with Crippen LogP contribution in [0.4, 0.5) is 0 Å². The zero-order valence-corrected chi connectivity index (χ0v) is 11.5. The van der Waals surface area contributed by atoms with Gasteiger partial charge in [-0.15, -0.1) is 0 Å². The number of nitrogens with zero attached hydrogens (tertiary/aromatic N) is 2. The van der Waals surface area contributed by atoms with Gasteiger partial charge in [0.15, 0.2) is 0 Å². The molecule has 0 unspecified atom stereocenters. The molecule has 19 heavy (non-hydrogen) atoms. The van der Waals surface area contributed by atoms with E-state index in [2.05, 4.69) is 22.0 Å². The molecule has 0 radical (unpaired) electrons. The number of rotatable bonds is 3. The third-order valence-electron chi connectivity index (χ3n) is 3.83. The van der Waals surface area contributed by atoms with Crippen LogP contribution in [0.3, 0.4) is 0 Å². The van der Waals surface area contributed by atoms with Crippen LogP contribution in [0.1, 0.15) is 18.4 Å². The van der Waals surface area contributed by atoms with Crippen molar-refractivity contribution in [2.45, 2.75) is 25.4 Å². The molecule has 3 rings (SSSR count). The number of aliphatic hydroxyl groups excluding tert-OH is 1. The van der Waals surface area contributed by atoms with Crippen LogP contribution in [0.5, 0.6) is 0 Å². The zero-order chi connectivity index (χ0) is 13.2. The predicted octanol–water partition coefficient (Wildman–Crippen LogP) is 2.84. The molecule has 1 fully saturated rings. The molecule has 1 aromatic heterocycles. The molecule has 100 valence electrons. The normalized spacial score (nSPS) is 20.2. The maximum atomic E-state index is 9.37. The Kier molecular flexibility index (Phi) is 3.69. The predicted molar refractivity (Wildman–Crippen MR) is 77.3 cm³/mol. The van der Waals surface area contributed by atoms with E-state index in [0.29, 0.717) is 5.15 Å². The van der Waals surface area contributed by atoms with Crippen LogP contribution < -0.4 is 0 Å². The van der Waals surface area contributed by atoms with Crippen molar-refractivity contribution in [3.8, 4) is 0 Å². The molecule has 0 spiro atoms. The first-order valence-electron chi connectivity index (χ1n) is 6.67. The van der Waals surface area contributed by atoms with Gasteiger partial charge in [0.05, 0.1) is 12.1 Å². The molecule has 1 atom stereocenters. The number of aliphatic hydroxyl groups is 1. The number of fused-ring (bicyclic) bond motifs is 1. The summed E-state index contributed by atoms with van der Waals surface area (Å²) in [4.78, 5) is 6.73. The van der Waals surface area contributed by atoms with Crippen molar-refractivity contribution < 1.29 is 5.11 Å². The number of pyridine rings is 1. The highest BCUT2D eigenvalue weighted by atomic mass is 35.5. The summed E-state index contributed by atoms with van der Waals surface area (Å²) in [6.07, 6.45) is 2.21. The average molecular weight is 277 g/mol. The highest BCUT2D eigenvalue weighted by Gasteiger charge is 2.24. The molecular formula is C15H17ClN2O. The summed E-state index contributed by atoms with van der Waals surface area (Å²) in [7, 11) is 0. The lowest BCUT2D eigenvalue weighted by atomic mass is 10.1. The number of para-hydroxylation sites is 1. The fourth-order valence-electron chi connectivity index (χ4n) is 2.78. The summed E-state index contributed by atoms with van der Waals surface area (Å²) in [5.74, 6) is 0. The Hall–Kier alpha value is -1.16. The van der Waals surface area contributed by atoms with Crippen molar-refractivity contribution in [1.29, 1.82) is 0 Å². The topological polar surface area (TPSA) is 36.4 Å². The molecular weight excluding hydrogens is 260 g/mol. The molecule has 1 saturated heterocycles. The standard InChI is InChI=1S/C15H17ClN2O/c16-15-12(9-18-7-3-5-13(18)10-19)8-11-4-1-2-6-14(11)17-15/h1-2,4,6,8,13,19H,3,5,7,9-10H2/t13-/m0/s1. The van der Waals surface area contributed by atoms with Gasteiger partial charge in [-0.1, -0.05) is 29.8 Å². The van der Waals surface area contributed by atoms with E-state index in [-0.39, 0.29) is 12.6 Å². The molecule has 3 nitrogen and oxygen atoms in total. The van der Waals surface area contributed by atoms with E-state index in [9.17, 15) is 5.11 Å². The van der Waals surface area contributed by atoms with Gasteiger partial charge in [-0.3, -0.25) is 4.90 Å². The van der Waals surface area contributed by atoms with Crippen LogP contribution in [-0.2, 0) is 6.54 Å². The van der Waals surface area contributed by atoms with Crippen molar-refractivity contribution in [2.75, 3.05) is 13.2 Å². The van der Waals surface area contributed by atoms with Gasteiger partial charge in [0.2, 0.25) is 0 Å². The van der Waals surface area contributed by atoms with Gasteiger partial charge in [0.25, 0.3) is 0 Å². The second-order valence-corrected chi connectivity index (χ2v) is 5.44. The van der Waals surface area contributed by atoms with Crippen LogP contribution >= 0.6 is 11.6 Å². The molecule has 4 heteroatoms. The van der Waals surface area contributed by atoms with E-state index in [4.69, 9.17) is 11.6 Å². The monoisotopic (exact) mass is 276 g/mol. The molecule has 0 aliphatic carbocycles. The fraction of sp³-hybridized carbons (Fsp3) is 0.400. The second-order valence-electron chi connectivity index (χ2n) is 5.08. The summed E-state index contributed by atoms with van der Waals surface area (Å²) in [6.45, 7) is 2.01. The summed E-state index contributed by atoms with van der Waals surface area (Å²) in [5, 5.41) is 11.0. The van der Waals surface area contributed by atoms with Crippen molar-refractivity contribution in [3.63, 3.8) is 0 Å².